The molecule has 4 nitrogen and oxygen atoms in total. The fourth-order valence-corrected chi connectivity index (χ4v) is 2.89. The van der Waals surface area contributed by atoms with E-state index in [1.807, 2.05) is 37.3 Å². The third-order valence-corrected chi connectivity index (χ3v) is 4.34. The van der Waals surface area contributed by atoms with E-state index in [1.165, 1.54) is 0 Å². The Hall–Kier alpha value is -1.59. The number of rotatable bonds is 7. The Balaban J connectivity index is 2.24. The quantitative estimate of drug-likeness (QED) is 0.699. The van der Waals surface area contributed by atoms with Crippen LogP contribution in [0.15, 0.2) is 34.8 Å². The number of hydrogen-bond donors (Lipinski definition) is 1. The van der Waals surface area contributed by atoms with Crippen LogP contribution in [0.25, 0.3) is 0 Å². The first-order chi connectivity index (χ1) is 11.1. The molecule has 0 unspecified atom stereocenters. The van der Waals surface area contributed by atoms with Crippen molar-refractivity contribution in [3.8, 4) is 17.2 Å². The van der Waals surface area contributed by atoms with E-state index in [9.17, 15) is 0 Å². The fourth-order valence-electron chi connectivity index (χ4n) is 2.18. The summed E-state index contributed by atoms with van der Waals surface area (Å²) in [5.41, 5.74) is 1.88. The minimum Gasteiger partial charge on any atom is -0.495 e. The molecule has 0 atom stereocenters. The van der Waals surface area contributed by atoms with Crippen molar-refractivity contribution in [3.63, 3.8) is 0 Å². The van der Waals surface area contributed by atoms with Gasteiger partial charge in [0.1, 0.15) is 5.75 Å². The van der Waals surface area contributed by atoms with Gasteiger partial charge in [0, 0.05) is 22.3 Å². The van der Waals surface area contributed by atoms with Crippen LogP contribution >= 0.6 is 27.5 Å². The van der Waals surface area contributed by atoms with Gasteiger partial charge in [-0.15, -0.1) is 0 Å². The predicted molar refractivity (Wildman–Crippen MR) is 97.2 cm³/mol. The molecule has 6 heteroatoms. The number of nitrogens with one attached hydrogen (secondary N) is 1. The zero-order valence-electron chi connectivity index (χ0n) is 13.3. The lowest BCUT2D eigenvalue weighted by Crippen LogP contribution is -2.06. The van der Waals surface area contributed by atoms with Crippen molar-refractivity contribution in [2.24, 2.45) is 0 Å². The number of ether oxygens (including phenoxy) is 3. The zero-order chi connectivity index (χ0) is 16.8. The van der Waals surface area contributed by atoms with Crippen molar-refractivity contribution in [1.82, 2.24) is 0 Å². The topological polar surface area (TPSA) is 39.7 Å². The van der Waals surface area contributed by atoms with Crippen LogP contribution in [0.2, 0.25) is 5.02 Å². The molecule has 0 amide bonds. The van der Waals surface area contributed by atoms with Gasteiger partial charge >= 0.3 is 0 Å². The van der Waals surface area contributed by atoms with E-state index < -0.39 is 0 Å². The number of methoxy groups -OCH3 is 2. The maximum atomic E-state index is 6.15. The second-order valence-electron chi connectivity index (χ2n) is 4.69. The monoisotopic (exact) mass is 399 g/mol. The molecular weight excluding hydrogens is 382 g/mol. The molecule has 0 saturated carbocycles. The fraction of sp³-hybridized carbons (Fsp3) is 0.294. The standard InChI is InChI=1S/C17H19BrClNO3/c1-4-23-17-12(13(18)6-8-16(17)22-3)10-20-11-5-7-15(21-2)14(19)9-11/h5-9,20H,4,10H2,1-3H3. The zero-order valence-corrected chi connectivity index (χ0v) is 15.6. The molecule has 2 aromatic rings. The minimum atomic E-state index is 0.562. The molecule has 0 aliphatic heterocycles. The largest absolute Gasteiger partial charge is 0.495 e. The van der Waals surface area contributed by atoms with E-state index in [0.717, 1.165) is 21.5 Å². The lowest BCUT2D eigenvalue weighted by molar-refractivity contribution is 0.307. The molecule has 0 spiro atoms. The summed E-state index contributed by atoms with van der Waals surface area (Å²) in [7, 11) is 3.22. The molecule has 124 valence electrons. The minimum absolute atomic E-state index is 0.562. The molecule has 2 aromatic carbocycles. The Bertz CT molecular complexity index is 679. The number of hydrogen-bond acceptors (Lipinski definition) is 4. The third-order valence-electron chi connectivity index (χ3n) is 3.30. The molecule has 0 aliphatic carbocycles. The molecular formula is C17H19BrClNO3. The molecule has 0 aliphatic rings. The van der Waals surface area contributed by atoms with Gasteiger partial charge in [-0.25, -0.2) is 0 Å². The van der Waals surface area contributed by atoms with Gasteiger partial charge in [0.05, 0.1) is 25.8 Å². The Morgan fingerprint density at radius 3 is 2.39 bits per heavy atom. The van der Waals surface area contributed by atoms with Crippen LogP contribution in [0.5, 0.6) is 17.2 Å². The van der Waals surface area contributed by atoms with Gasteiger partial charge in [0.25, 0.3) is 0 Å². The highest BCUT2D eigenvalue weighted by Gasteiger charge is 2.14. The molecule has 0 aromatic heterocycles. The molecule has 0 radical (unpaired) electrons. The van der Waals surface area contributed by atoms with Crippen molar-refractivity contribution >= 4 is 33.2 Å². The molecule has 0 saturated heterocycles. The smallest absolute Gasteiger partial charge is 0.167 e. The summed E-state index contributed by atoms with van der Waals surface area (Å²) in [6.45, 7) is 3.07. The van der Waals surface area contributed by atoms with Gasteiger partial charge in [0.15, 0.2) is 11.5 Å². The van der Waals surface area contributed by atoms with E-state index in [0.29, 0.717) is 29.7 Å². The molecule has 23 heavy (non-hydrogen) atoms. The summed E-state index contributed by atoms with van der Waals surface area (Å²) in [5.74, 6) is 2.09. The van der Waals surface area contributed by atoms with Gasteiger partial charge in [0.2, 0.25) is 0 Å². The van der Waals surface area contributed by atoms with Crippen molar-refractivity contribution in [2.45, 2.75) is 13.5 Å². The summed E-state index contributed by atoms with van der Waals surface area (Å²) < 4.78 is 17.2. The SMILES string of the molecule is CCOc1c(OC)ccc(Br)c1CNc1ccc(OC)c(Cl)c1. The predicted octanol–water partition coefficient (Wildman–Crippen LogP) is 5.13. The van der Waals surface area contributed by atoms with Crippen LogP contribution in [0.4, 0.5) is 5.69 Å². The summed E-state index contributed by atoms with van der Waals surface area (Å²) in [6.07, 6.45) is 0. The van der Waals surface area contributed by atoms with E-state index in [1.54, 1.807) is 14.2 Å². The highest BCUT2D eigenvalue weighted by atomic mass is 79.9. The lowest BCUT2D eigenvalue weighted by Gasteiger charge is -2.17. The summed E-state index contributed by atoms with van der Waals surface area (Å²) in [5, 5.41) is 3.90. The Labute approximate surface area is 149 Å². The average Bonchev–Trinajstić information content (AvgIpc) is 2.55. The summed E-state index contributed by atoms with van der Waals surface area (Å²) in [4.78, 5) is 0. The average molecular weight is 401 g/mol. The van der Waals surface area contributed by atoms with E-state index >= 15 is 0 Å². The highest BCUT2D eigenvalue weighted by Crippen LogP contribution is 2.37. The first-order valence-corrected chi connectivity index (χ1v) is 8.33. The number of halogens is 2. The van der Waals surface area contributed by atoms with E-state index in [4.69, 9.17) is 25.8 Å². The van der Waals surface area contributed by atoms with Gasteiger partial charge in [-0.1, -0.05) is 27.5 Å². The molecule has 1 N–H and O–H groups in total. The number of anilines is 1. The van der Waals surface area contributed by atoms with Crippen LogP contribution in [-0.4, -0.2) is 20.8 Å². The van der Waals surface area contributed by atoms with E-state index in [2.05, 4.69) is 21.2 Å². The molecule has 0 bridgehead atoms. The van der Waals surface area contributed by atoms with Crippen molar-refractivity contribution in [2.75, 3.05) is 26.1 Å². The van der Waals surface area contributed by atoms with Crippen LogP contribution < -0.4 is 19.5 Å². The van der Waals surface area contributed by atoms with Crippen molar-refractivity contribution < 1.29 is 14.2 Å². The second kappa shape index (κ2) is 8.31. The first-order valence-electron chi connectivity index (χ1n) is 7.16. The van der Waals surface area contributed by atoms with Crippen LogP contribution in [0, 0.1) is 0 Å². The second-order valence-corrected chi connectivity index (χ2v) is 5.95. The van der Waals surface area contributed by atoms with Gasteiger partial charge in [-0.05, 0) is 37.3 Å². The van der Waals surface area contributed by atoms with Crippen LogP contribution in [0.3, 0.4) is 0 Å². The van der Waals surface area contributed by atoms with Gasteiger partial charge in [-0.2, -0.15) is 0 Å². The number of benzene rings is 2. The summed E-state index contributed by atoms with van der Waals surface area (Å²) in [6, 6.07) is 9.39. The van der Waals surface area contributed by atoms with Crippen molar-refractivity contribution in [1.29, 1.82) is 0 Å². The lowest BCUT2D eigenvalue weighted by atomic mass is 10.1. The third kappa shape index (κ3) is 4.24. The maximum Gasteiger partial charge on any atom is 0.167 e. The molecule has 0 heterocycles. The Morgan fingerprint density at radius 1 is 1.09 bits per heavy atom. The highest BCUT2D eigenvalue weighted by molar-refractivity contribution is 9.10. The Kier molecular flexibility index (Phi) is 6.42. The molecule has 2 rings (SSSR count). The van der Waals surface area contributed by atoms with Gasteiger partial charge in [-0.3, -0.25) is 0 Å². The first kappa shape index (κ1) is 17.8. The Morgan fingerprint density at radius 2 is 1.78 bits per heavy atom. The maximum absolute atomic E-state index is 6.15. The normalized spacial score (nSPS) is 10.3. The van der Waals surface area contributed by atoms with Crippen molar-refractivity contribution in [3.05, 3.63) is 45.4 Å². The summed E-state index contributed by atoms with van der Waals surface area (Å²) >= 11 is 9.72. The van der Waals surface area contributed by atoms with Crippen LogP contribution in [-0.2, 0) is 6.54 Å². The van der Waals surface area contributed by atoms with Crippen LogP contribution in [0.1, 0.15) is 12.5 Å². The molecule has 0 fully saturated rings. The van der Waals surface area contributed by atoms with Gasteiger partial charge < -0.3 is 19.5 Å². The van der Waals surface area contributed by atoms with E-state index in [-0.39, 0.29) is 0 Å².